The first-order valence-electron chi connectivity index (χ1n) is 5.67. The Balaban J connectivity index is 2.73. The molecule has 6 heteroatoms. The van der Waals surface area contributed by atoms with Gasteiger partial charge in [-0.25, -0.2) is 0 Å². The van der Waals surface area contributed by atoms with E-state index in [0.29, 0.717) is 12.2 Å². The molecule has 0 fully saturated rings. The summed E-state index contributed by atoms with van der Waals surface area (Å²) in [5.41, 5.74) is 1.12. The Morgan fingerprint density at radius 3 is 2.17 bits per heavy atom. The smallest absolute Gasteiger partial charge is 0.286 e. The molecular weight excluding hydrogens is 272 g/mol. The Morgan fingerprint density at radius 1 is 1.11 bits per heavy atom. The number of hydrogen-bond acceptors (Lipinski definition) is 4. The highest BCUT2D eigenvalue weighted by Crippen LogP contribution is 2.44. The van der Waals surface area contributed by atoms with E-state index < -0.39 is 20.7 Å². The van der Waals surface area contributed by atoms with Crippen LogP contribution in [-0.2, 0) is 13.7 Å². The standard InChI is InChI=1S/C12H20O4S2/c1-5-10-18(13,14)16-17(3,4)15-12-8-6-11(2)7-9-12/h6-9H,5,10H2,1-4H3. The molecule has 0 amide bonds. The first kappa shape index (κ1) is 15.3. The number of aryl methyl sites for hydroxylation is 1. The van der Waals surface area contributed by atoms with Gasteiger partial charge in [0.2, 0.25) is 0 Å². The molecule has 0 aliphatic carbocycles. The van der Waals surface area contributed by atoms with Crippen LogP contribution in [0.2, 0.25) is 0 Å². The summed E-state index contributed by atoms with van der Waals surface area (Å²) in [6, 6.07) is 7.43. The molecule has 0 heterocycles. The van der Waals surface area contributed by atoms with Gasteiger partial charge in [-0.1, -0.05) is 24.6 Å². The highest BCUT2D eigenvalue weighted by molar-refractivity contribution is 8.28. The third-order valence-corrected chi connectivity index (χ3v) is 5.68. The monoisotopic (exact) mass is 292 g/mol. The summed E-state index contributed by atoms with van der Waals surface area (Å²) in [6.45, 7) is 3.77. The molecule has 0 aliphatic heterocycles. The fraction of sp³-hybridized carbons (Fsp3) is 0.500. The van der Waals surface area contributed by atoms with Crippen LogP contribution in [0, 0.1) is 6.92 Å². The van der Waals surface area contributed by atoms with Gasteiger partial charge in [-0.15, -0.1) is 10.6 Å². The largest absolute Gasteiger partial charge is 0.391 e. The second kappa shape index (κ2) is 5.95. The number of benzene rings is 1. The van der Waals surface area contributed by atoms with Gasteiger partial charge < -0.3 is 4.18 Å². The lowest BCUT2D eigenvalue weighted by Crippen LogP contribution is -2.16. The van der Waals surface area contributed by atoms with Gasteiger partial charge in [0, 0.05) is 12.5 Å². The van der Waals surface area contributed by atoms with E-state index in [1.807, 2.05) is 19.1 Å². The van der Waals surface area contributed by atoms with Crippen molar-refractivity contribution in [2.24, 2.45) is 0 Å². The molecule has 4 nitrogen and oxygen atoms in total. The van der Waals surface area contributed by atoms with Gasteiger partial charge in [-0.2, -0.15) is 12.0 Å². The maximum atomic E-state index is 11.6. The Kier molecular flexibility index (Phi) is 5.07. The van der Waals surface area contributed by atoms with Crippen molar-refractivity contribution in [1.82, 2.24) is 0 Å². The third kappa shape index (κ3) is 5.29. The van der Waals surface area contributed by atoms with E-state index in [1.54, 1.807) is 31.6 Å². The first-order chi connectivity index (χ1) is 8.24. The van der Waals surface area contributed by atoms with Crippen LogP contribution in [-0.4, -0.2) is 26.7 Å². The summed E-state index contributed by atoms with van der Waals surface area (Å²) in [5, 5.41) is 0. The lowest BCUT2D eigenvalue weighted by atomic mass is 10.2. The van der Waals surface area contributed by atoms with Gasteiger partial charge in [0.25, 0.3) is 10.1 Å². The molecule has 0 aromatic heterocycles. The van der Waals surface area contributed by atoms with Crippen molar-refractivity contribution in [3.05, 3.63) is 29.8 Å². The Bertz CT molecular complexity index is 477. The highest BCUT2D eigenvalue weighted by atomic mass is 32.3. The molecule has 1 aromatic carbocycles. The van der Waals surface area contributed by atoms with E-state index in [9.17, 15) is 8.42 Å². The maximum Gasteiger partial charge on any atom is 0.286 e. The lowest BCUT2D eigenvalue weighted by Gasteiger charge is -2.34. The van der Waals surface area contributed by atoms with Crippen LogP contribution >= 0.6 is 10.6 Å². The van der Waals surface area contributed by atoms with E-state index in [0.717, 1.165) is 5.56 Å². The van der Waals surface area contributed by atoms with Crippen LogP contribution < -0.4 is 4.18 Å². The average molecular weight is 292 g/mol. The van der Waals surface area contributed by atoms with E-state index in [1.165, 1.54) is 0 Å². The molecular formula is C12H20O4S2. The summed E-state index contributed by atoms with van der Waals surface area (Å²) in [6.07, 6.45) is 3.86. The van der Waals surface area contributed by atoms with Crippen molar-refractivity contribution in [1.29, 1.82) is 0 Å². The van der Waals surface area contributed by atoms with Crippen molar-refractivity contribution in [3.8, 4) is 5.75 Å². The average Bonchev–Trinajstić information content (AvgIpc) is 2.19. The zero-order chi connectivity index (χ0) is 13.8. The van der Waals surface area contributed by atoms with Crippen LogP contribution in [0.3, 0.4) is 0 Å². The topological polar surface area (TPSA) is 52.6 Å². The van der Waals surface area contributed by atoms with Gasteiger partial charge in [-0.3, -0.25) is 0 Å². The molecule has 0 aliphatic rings. The van der Waals surface area contributed by atoms with E-state index in [-0.39, 0.29) is 5.75 Å². The summed E-state index contributed by atoms with van der Waals surface area (Å²) in [4.78, 5) is 0. The van der Waals surface area contributed by atoms with Crippen molar-refractivity contribution < 1.29 is 16.2 Å². The lowest BCUT2D eigenvalue weighted by molar-refractivity contribution is 0.472. The molecule has 0 N–H and O–H groups in total. The van der Waals surface area contributed by atoms with Crippen LogP contribution in [0.5, 0.6) is 5.75 Å². The zero-order valence-corrected chi connectivity index (χ0v) is 12.8. The van der Waals surface area contributed by atoms with Gasteiger partial charge >= 0.3 is 0 Å². The molecule has 0 radical (unpaired) electrons. The molecule has 104 valence electrons. The summed E-state index contributed by atoms with van der Waals surface area (Å²) < 4.78 is 34.0. The number of rotatable bonds is 6. The third-order valence-electron chi connectivity index (χ3n) is 2.04. The Hall–Kier alpha value is -0.720. The van der Waals surface area contributed by atoms with Gasteiger partial charge in [-0.05, 0) is 25.5 Å². The molecule has 0 spiro atoms. The van der Waals surface area contributed by atoms with Gasteiger partial charge in [0.1, 0.15) is 0 Å². The molecule has 18 heavy (non-hydrogen) atoms. The summed E-state index contributed by atoms with van der Waals surface area (Å²) in [7, 11) is -5.62. The van der Waals surface area contributed by atoms with E-state index in [2.05, 4.69) is 0 Å². The molecule has 0 bridgehead atoms. The van der Waals surface area contributed by atoms with Crippen LogP contribution in [0.1, 0.15) is 18.9 Å². The second-order valence-corrected chi connectivity index (χ2v) is 8.89. The summed E-state index contributed by atoms with van der Waals surface area (Å²) in [5.74, 6) is 0.632. The maximum absolute atomic E-state index is 11.6. The Morgan fingerprint density at radius 2 is 1.67 bits per heavy atom. The van der Waals surface area contributed by atoms with Crippen molar-refractivity contribution in [3.63, 3.8) is 0 Å². The molecule has 0 saturated carbocycles. The fourth-order valence-corrected chi connectivity index (χ4v) is 4.83. The minimum absolute atomic E-state index is 0.0146. The van der Waals surface area contributed by atoms with Crippen LogP contribution in [0.4, 0.5) is 0 Å². The highest BCUT2D eigenvalue weighted by Gasteiger charge is 2.20. The van der Waals surface area contributed by atoms with E-state index in [4.69, 9.17) is 7.81 Å². The zero-order valence-electron chi connectivity index (χ0n) is 11.2. The predicted octanol–water partition coefficient (Wildman–Crippen LogP) is 3.02. The SMILES string of the molecule is CCCS(=O)(=O)OS(C)(C)Oc1ccc(C)cc1. The number of hydrogen-bond donors (Lipinski definition) is 0. The molecule has 0 saturated heterocycles. The first-order valence-corrected chi connectivity index (χ1v) is 9.55. The molecule has 1 rings (SSSR count). The van der Waals surface area contributed by atoms with Gasteiger partial charge in [0.15, 0.2) is 5.75 Å². The predicted molar refractivity (Wildman–Crippen MR) is 76.4 cm³/mol. The Labute approximate surface area is 111 Å². The van der Waals surface area contributed by atoms with E-state index >= 15 is 0 Å². The summed E-state index contributed by atoms with van der Waals surface area (Å²) >= 11 is 0. The van der Waals surface area contributed by atoms with Crippen LogP contribution in [0.15, 0.2) is 24.3 Å². The van der Waals surface area contributed by atoms with Gasteiger partial charge in [0.05, 0.1) is 5.75 Å². The fourth-order valence-electron chi connectivity index (χ4n) is 1.37. The van der Waals surface area contributed by atoms with Crippen molar-refractivity contribution in [2.75, 3.05) is 18.3 Å². The molecule has 0 unspecified atom stereocenters. The minimum atomic E-state index is -3.51. The second-order valence-electron chi connectivity index (χ2n) is 4.37. The normalized spacial score (nSPS) is 13.3. The quantitative estimate of drug-likeness (QED) is 0.808. The molecule has 1 aromatic rings. The minimum Gasteiger partial charge on any atom is -0.391 e. The molecule has 0 atom stereocenters. The van der Waals surface area contributed by atoms with Crippen molar-refractivity contribution in [2.45, 2.75) is 20.3 Å². The van der Waals surface area contributed by atoms with Crippen LogP contribution in [0.25, 0.3) is 0 Å². The van der Waals surface area contributed by atoms with Crippen molar-refractivity contribution >= 4 is 20.7 Å².